The van der Waals surface area contributed by atoms with Crippen molar-refractivity contribution in [3.8, 4) is 11.5 Å². The van der Waals surface area contributed by atoms with E-state index in [9.17, 15) is 5.11 Å². The number of aliphatic hydroxyl groups is 1. The Morgan fingerprint density at radius 3 is 2.76 bits per heavy atom. The van der Waals surface area contributed by atoms with Crippen LogP contribution in [-0.2, 0) is 6.42 Å². The van der Waals surface area contributed by atoms with Crippen molar-refractivity contribution in [3.05, 3.63) is 23.8 Å². The smallest absolute Gasteiger partial charge is 0.231 e. The lowest BCUT2D eigenvalue weighted by Gasteiger charge is -2.29. The van der Waals surface area contributed by atoms with Crippen LogP contribution in [0.4, 0.5) is 0 Å². The molecule has 5 nitrogen and oxygen atoms in total. The van der Waals surface area contributed by atoms with Crippen molar-refractivity contribution in [1.82, 2.24) is 10.2 Å². The lowest BCUT2D eigenvalue weighted by molar-refractivity contribution is 0.163. The maximum atomic E-state index is 9.66. The molecule has 0 radical (unpaired) electrons. The average Bonchev–Trinajstić information content (AvgIpc) is 2.92. The molecule has 118 valence electrons. The maximum absolute atomic E-state index is 9.66. The summed E-state index contributed by atoms with van der Waals surface area (Å²) in [5.74, 6) is 1.63. The van der Waals surface area contributed by atoms with Crippen LogP contribution in [0.5, 0.6) is 11.5 Å². The van der Waals surface area contributed by atoms with Gasteiger partial charge in [-0.05, 0) is 51.6 Å². The van der Waals surface area contributed by atoms with E-state index < -0.39 is 0 Å². The third-order valence-electron chi connectivity index (χ3n) is 3.86. The Balaban J connectivity index is 1.87. The fourth-order valence-corrected chi connectivity index (χ4v) is 2.32. The molecule has 0 spiro atoms. The van der Waals surface area contributed by atoms with E-state index in [1.807, 2.05) is 26.2 Å². The van der Waals surface area contributed by atoms with E-state index in [2.05, 4.69) is 23.2 Å². The van der Waals surface area contributed by atoms with E-state index in [0.717, 1.165) is 37.4 Å². The second-order valence-corrected chi connectivity index (χ2v) is 6.14. The van der Waals surface area contributed by atoms with Crippen LogP contribution in [0.1, 0.15) is 18.9 Å². The third kappa shape index (κ3) is 4.59. The Bertz CT molecular complexity index is 465. The minimum absolute atomic E-state index is 0.130. The first-order chi connectivity index (χ1) is 10.0. The number of hydrogen-bond acceptors (Lipinski definition) is 5. The molecular weight excluding hydrogens is 268 g/mol. The van der Waals surface area contributed by atoms with Crippen LogP contribution in [0.3, 0.4) is 0 Å². The number of ether oxygens (including phenoxy) is 2. The summed E-state index contributed by atoms with van der Waals surface area (Å²) in [4.78, 5) is 2.13. The molecule has 21 heavy (non-hydrogen) atoms. The number of benzene rings is 1. The molecule has 0 amide bonds. The van der Waals surface area contributed by atoms with E-state index in [0.29, 0.717) is 6.79 Å². The highest BCUT2D eigenvalue weighted by Crippen LogP contribution is 2.33. The first-order valence-corrected chi connectivity index (χ1v) is 7.41. The minimum atomic E-state index is -0.258. The van der Waals surface area contributed by atoms with Crippen LogP contribution in [0.2, 0.25) is 0 Å². The fraction of sp³-hybridized carbons (Fsp3) is 0.625. The van der Waals surface area contributed by atoms with Gasteiger partial charge in [-0.25, -0.2) is 0 Å². The van der Waals surface area contributed by atoms with Crippen molar-refractivity contribution < 1.29 is 14.6 Å². The SMILES string of the molecule is CN(C)CCNC(C)(CO)CCc1ccc2c(c1)OCO2. The zero-order valence-corrected chi connectivity index (χ0v) is 13.2. The second-order valence-electron chi connectivity index (χ2n) is 6.14. The molecule has 2 N–H and O–H groups in total. The Morgan fingerprint density at radius 2 is 2.05 bits per heavy atom. The molecule has 1 atom stereocenters. The molecule has 1 aromatic carbocycles. The highest BCUT2D eigenvalue weighted by atomic mass is 16.7. The van der Waals surface area contributed by atoms with Gasteiger partial charge < -0.3 is 24.8 Å². The van der Waals surface area contributed by atoms with Gasteiger partial charge in [0, 0.05) is 18.6 Å². The number of aliphatic hydroxyl groups excluding tert-OH is 1. The second kappa shape index (κ2) is 7.11. The molecular formula is C16H26N2O3. The van der Waals surface area contributed by atoms with Gasteiger partial charge in [0.25, 0.3) is 0 Å². The van der Waals surface area contributed by atoms with Gasteiger partial charge in [0.15, 0.2) is 11.5 Å². The Labute approximate surface area is 126 Å². The number of rotatable bonds is 8. The summed E-state index contributed by atoms with van der Waals surface area (Å²) >= 11 is 0. The van der Waals surface area contributed by atoms with E-state index in [1.54, 1.807) is 0 Å². The van der Waals surface area contributed by atoms with Gasteiger partial charge in [0.2, 0.25) is 6.79 Å². The largest absolute Gasteiger partial charge is 0.454 e. The summed E-state index contributed by atoms with van der Waals surface area (Å²) in [5, 5.41) is 13.1. The molecule has 1 heterocycles. The van der Waals surface area contributed by atoms with E-state index in [4.69, 9.17) is 9.47 Å². The lowest BCUT2D eigenvalue weighted by atomic mass is 9.94. The molecule has 0 fully saturated rings. The lowest BCUT2D eigenvalue weighted by Crippen LogP contribution is -2.48. The van der Waals surface area contributed by atoms with Gasteiger partial charge in [-0.1, -0.05) is 6.07 Å². The number of nitrogens with one attached hydrogen (secondary N) is 1. The molecule has 5 heteroatoms. The van der Waals surface area contributed by atoms with E-state index in [1.165, 1.54) is 5.56 Å². The van der Waals surface area contributed by atoms with Crippen LogP contribution >= 0.6 is 0 Å². The molecule has 0 saturated carbocycles. The van der Waals surface area contributed by atoms with E-state index >= 15 is 0 Å². The van der Waals surface area contributed by atoms with Gasteiger partial charge >= 0.3 is 0 Å². The monoisotopic (exact) mass is 294 g/mol. The summed E-state index contributed by atoms with van der Waals surface area (Å²) in [6.45, 7) is 4.32. The normalized spacial score (nSPS) is 16.2. The minimum Gasteiger partial charge on any atom is -0.454 e. The molecule has 0 bridgehead atoms. The number of aryl methyl sites for hydroxylation is 1. The molecule has 0 aromatic heterocycles. The first-order valence-electron chi connectivity index (χ1n) is 7.41. The molecule has 2 rings (SSSR count). The maximum Gasteiger partial charge on any atom is 0.231 e. The van der Waals surface area contributed by atoms with Gasteiger partial charge in [0.05, 0.1) is 6.61 Å². The zero-order valence-electron chi connectivity index (χ0n) is 13.2. The average molecular weight is 294 g/mol. The molecule has 1 unspecified atom stereocenters. The van der Waals surface area contributed by atoms with Gasteiger partial charge in [-0.2, -0.15) is 0 Å². The summed E-state index contributed by atoms with van der Waals surface area (Å²) in [6.07, 6.45) is 1.76. The highest BCUT2D eigenvalue weighted by Gasteiger charge is 2.22. The van der Waals surface area contributed by atoms with Crippen LogP contribution in [0, 0.1) is 0 Å². The number of likely N-dealkylation sites (N-methyl/N-ethyl adjacent to an activating group) is 1. The molecule has 0 saturated heterocycles. The van der Waals surface area contributed by atoms with Gasteiger partial charge in [-0.3, -0.25) is 0 Å². The van der Waals surface area contributed by atoms with Crippen molar-refractivity contribution in [3.63, 3.8) is 0 Å². The predicted molar refractivity (Wildman–Crippen MR) is 82.9 cm³/mol. The summed E-state index contributed by atoms with van der Waals surface area (Å²) in [7, 11) is 4.09. The van der Waals surface area contributed by atoms with Gasteiger partial charge in [-0.15, -0.1) is 0 Å². The summed E-state index contributed by atoms with van der Waals surface area (Å²) in [5.41, 5.74) is 0.945. The Kier molecular flexibility index (Phi) is 5.45. The van der Waals surface area contributed by atoms with Crippen LogP contribution in [-0.4, -0.2) is 56.1 Å². The fourth-order valence-electron chi connectivity index (χ4n) is 2.32. The molecule has 1 aliphatic heterocycles. The van der Waals surface area contributed by atoms with E-state index in [-0.39, 0.29) is 12.1 Å². The van der Waals surface area contributed by atoms with Gasteiger partial charge in [0.1, 0.15) is 0 Å². The zero-order chi connectivity index (χ0) is 15.3. The van der Waals surface area contributed by atoms with Crippen LogP contribution in [0.25, 0.3) is 0 Å². The summed E-state index contributed by atoms with van der Waals surface area (Å²) < 4.78 is 10.7. The highest BCUT2D eigenvalue weighted by molar-refractivity contribution is 5.44. The number of hydrogen-bond donors (Lipinski definition) is 2. The number of fused-ring (bicyclic) bond motifs is 1. The van der Waals surface area contributed by atoms with Crippen molar-refractivity contribution in [2.24, 2.45) is 0 Å². The topological polar surface area (TPSA) is 54.0 Å². The number of nitrogens with zero attached hydrogens (tertiary/aromatic N) is 1. The van der Waals surface area contributed by atoms with Crippen molar-refractivity contribution in [2.45, 2.75) is 25.3 Å². The van der Waals surface area contributed by atoms with Crippen LogP contribution in [0.15, 0.2) is 18.2 Å². The molecule has 1 aliphatic rings. The Morgan fingerprint density at radius 1 is 1.29 bits per heavy atom. The molecule has 1 aromatic rings. The quantitative estimate of drug-likeness (QED) is 0.756. The predicted octanol–water partition coefficient (Wildman–Crippen LogP) is 1.25. The Hall–Kier alpha value is -1.30. The summed E-state index contributed by atoms with van der Waals surface area (Å²) in [6, 6.07) is 6.04. The standard InChI is InChI=1S/C16H26N2O3/c1-16(11-19,17-8-9-18(2)3)7-6-13-4-5-14-15(10-13)21-12-20-14/h4-5,10,17,19H,6-9,11-12H2,1-3H3. The third-order valence-corrected chi connectivity index (χ3v) is 3.86. The first kappa shape index (κ1) is 16.1. The van der Waals surface area contributed by atoms with Crippen molar-refractivity contribution in [2.75, 3.05) is 40.6 Å². The molecule has 0 aliphatic carbocycles. The van der Waals surface area contributed by atoms with Crippen molar-refractivity contribution in [1.29, 1.82) is 0 Å². The van der Waals surface area contributed by atoms with Crippen molar-refractivity contribution >= 4 is 0 Å². The van der Waals surface area contributed by atoms with Crippen LogP contribution < -0.4 is 14.8 Å².